The Morgan fingerprint density at radius 3 is 2.74 bits per heavy atom. The van der Waals surface area contributed by atoms with Gasteiger partial charge in [0.05, 0.1) is 17.9 Å². The van der Waals surface area contributed by atoms with Crippen molar-refractivity contribution in [2.75, 3.05) is 31.0 Å². The Hall–Kier alpha value is -3.72. The number of pyridine rings is 1. The highest BCUT2D eigenvalue weighted by Gasteiger charge is 2.16. The molecule has 0 bridgehead atoms. The summed E-state index contributed by atoms with van der Waals surface area (Å²) in [6.07, 6.45) is 3.22. The zero-order valence-electron chi connectivity index (χ0n) is 19.4. The lowest BCUT2D eigenvalue weighted by Crippen LogP contribution is -2.25. The van der Waals surface area contributed by atoms with Gasteiger partial charge in [0.15, 0.2) is 11.5 Å². The van der Waals surface area contributed by atoms with Gasteiger partial charge in [-0.15, -0.1) is 0 Å². The molecule has 0 aliphatic carbocycles. The zero-order valence-corrected chi connectivity index (χ0v) is 20.2. The topological polar surface area (TPSA) is 98.8 Å². The largest absolute Gasteiger partial charge is 0.494 e. The molecule has 2 heterocycles. The predicted molar refractivity (Wildman–Crippen MR) is 134 cm³/mol. The molecule has 182 valence electrons. The molecule has 9 heteroatoms. The molecule has 35 heavy (non-hydrogen) atoms. The first-order valence-corrected chi connectivity index (χ1v) is 12.3. The number of anilines is 1. The molecule has 0 fully saturated rings. The first-order valence-electron chi connectivity index (χ1n) is 11.3. The molecular weight excluding hydrogens is 466 g/mol. The van der Waals surface area contributed by atoms with Gasteiger partial charge >= 0.3 is 0 Å². The second kappa shape index (κ2) is 12.1. The summed E-state index contributed by atoms with van der Waals surface area (Å²) >= 11 is 1.21. The summed E-state index contributed by atoms with van der Waals surface area (Å²) < 4.78 is 16.3. The van der Waals surface area contributed by atoms with Crippen molar-refractivity contribution >= 4 is 29.3 Å². The smallest absolute Gasteiger partial charge is 0.254 e. The number of nitrogens with zero attached hydrogens (tertiary/aromatic N) is 1. The van der Waals surface area contributed by atoms with Crippen molar-refractivity contribution in [2.24, 2.45) is 0 Å². The molecule has 0 saturated heterocycles. The van der Waals surface area contributed by atoms with Crippen LogP contribution < -0.4 is 24.8 Å². The number of rotatable bonds is 11. The van der Waals surface area contributed by atoms with Crippen molar-refractivity contribution < 1.29 is 23.8 Å². The highest BCUT2D eigenvalue weighted by atomic mass is 32.2. The standard InChI is InChI=1S/C26H27N3O5S/c1-18-6-9-20(10-7-18)32-14-3-2-12-27-25(31)21-5-4-13-28-26(21)35-16-24(30)29-19-8-11-22-23(15-19)34-17-33-22/h4-11,13,15H,2-3,12,14,16-17H2,1H3,(H,27,31)(H,29,30). The number of aryl methyl sites for hydroxylation is 1. The van der Waals surface area contributed by atoms with Crippen LogP contribution in [0.15, 0.2) is 65.8 Å². The zero-order chi connectivity index (χ0) is 24.5. The lowest BCUT2D eigenvalue weighted by Gasteiger charge is -2.10. The van der Waals surface area contributed by atoms with E-state index in [-0.39, 0.29) is 24.4 Å². The number of benzene rings is 2. The molecule has 2 amide bonds. The van der Waals surface area contributed by atoms with Crippen molar-refractivity contribution in [3.8, 4) is 17.2 Å². The van der Waals surface area contributed by atoms with Crippen molar-refractivity contribution in [3.05, 3.63) is 71.9 Å². The maximum absolute atomic E-state index is 12.7. The fourth-order valence-corrected chi connectivity index (χ4v) is 4.12. The molecule has 4 rings (SSSR count). The van der Waals surface area contributed by atoms with E-state index in [9.17, 15) is 9.59 Å². The van der Waals surface area contributed by atoms with Crippen LogP contribution in [0.25, 0.3) is 0 Å². The molecule has 1 aliphatic rings. The molecule has 2 aromatic carbocycles. The number of thioether (sulfide) groups is 1. The Labute approximate surface area is 208 Å². The minimum absolute atomic E-state index is 0.113. The summed E-state index contributed by atoms with van der Waals surface area (Å²) in [5.41, 5.74) is 2.26. The summed E-state index contributed by atoms with van der Waals surface area (Å²) in [5, 5.41) is 6.25. The second-order valence-electron chi connectivity index (χ2n) is 7.89. The molecule has 0 saturated carbocycles. The molecule has 1 aliphatic heterocycles. The van der Waals surface area contributed by atoms with E-state index in [0.29, 0.717) is 40.9 Å². The van der Waals surface area contributed by atoms with Crippen LogP contribution in [0.1, 0.15) is 28.8 Å². The minimum atomic E-state index is -0.212. The Balaban J connectivity index is 1.19. The van der Waals surface area contributed by atoms with E-state index in [0.717, 1.165) is 18.6 Å². The number of unbranched alkanes of at least 4 members (excludes halogenated alkanes) is 1. The molecule has 0 unspecified atom stereocenters. The number of carbonyl (C=O) groups is 2. The fourth-order valence-electron chi connectivity index (χ4n) is 3.33. The number of carbonyl (C=O) groups excluding carboxylic acids is 2. The Morgan fingerprint density at radius 1 is 1.06 bits per heavy atom. The van der Waals surface area contributed by atoms with Crippen LogP contribution in [0.4, 0.5) is 5.69 Å². The minimum Gasteiger partial charge on any atom is -0.494 e. The molecule has 1 aromatic heterocycles. The van der Waals surface area contributed by atoms with Gasteiger partial charge in [0.25, 0.3) is 5.91 Å². The van der Waals surface area contributed by atoms with Gasteiger partial charge in [0.2, 0.25) is 12.7 Å². The van der Waals surface area contributed by atoms with Crippen LogP contribution in [-0.4, -0.2) is 42.5 Å². The number of ether oxygens (including phenoxy) is 3. The average Bonchev–Trinajstić information content (AvgIpc) is 3.34. The van der Waals surface area contributed by atoms with Gasteiger partial charge in [-0.05, 0) is 56.2 Å². The van der Waals surface area contributed by atoms with Gasteiger partial charge in [-0.25, -0.2) is 4.98 Å². The van der Waals surface area contributed by atoms with Crippen LogP contribution in [-0.2, 0) is 4.79 Å². The second-order valence-corrected chi connectivity index (χ2v) is 8.85. The van der Waals surface area contributed by atoms with E-state index in [1.54, 1.807) is 36.5 Å². The summed E-state index contributed by atoms with van der Waals surface area (Å²) in [7, 11) is 0. The number of hydrogen-bond donors (Lipinski definition) is 2. The van der Waals surface area contributed by atoms with Crippen LogP contribution in [0.2, 0.25) is 0 Å². The monoisotopic (exact) mass is 493 g/mol. The number of fused-ring (bicyclic) bond motifs is 1. The fraction of sp³-hybridized carbons (Fsp3) is 0.269. The molecule has 3 aromatic rings. The van der Waals surface area contributed by atoms with Crippen LogP contribution >= 0.6 is 11.8 Å². The number of hydrogen-bond acceptors (Lipinski definition) is 7. The molecule has 8 nitrogen and oxygen atoms in total. The van der Waals surface area contributed by atoms with Crippen LogP contribution in [0.5, 0.6) is 17.2 Å². The quantitative estimate of drug-likeness (QED) is 0.301. The van der Waals surface area contributed by atoms with E-state index >= 15 is 0 Å². The van der Waals surface area contributed by atoms with Crippen LogP contribution in [0.3, 0.4) is 0 Å². The van der Waals surface area contributed by atoms with Gasteiger partial charge in [-0.2, -0.15) is 0 Å². The summed E-state index contributed by atoms with van der Waals surface area (Å²) in [6.45, 7) is 3.33. The van der Waals surface area contributed by atoms with Gasteiger partial charge in [-0.1, -0.05) is 29.5 Å². The van der Waals surface area contributed by atoms with Gasteiger partial charge in [-0.3, -0.25) is 9.59 Å². The highest BCUT2D eigenvalue weighted by molar-refractivity contribution is 8.00. The van der Waals surface area contributed by atoms with E-state index in [1.165, 1.54) is 17.3 Å². The van der Waals surface area contributed by atoms with Crippen LogP contribution in [0, 0.1) is 6.92 Å². The van der Waals surface area contributed by atoms with Crippen molar-refractivity contribution in [1.82, 2.24) is 10.3 Å². The van der Waals surface area contributed by atoms with Crippen molar-refractivity contribution in [2.45, 2.75) is 24.8 Å². The van der Waals surface area contributed by atoms with E-state index < -0.39 is 0 Å². The normalized spacial score (nSPS) is 11.7. The summed E-state index contributed by atoms with van der Waals surface area (Å²) in [5.74, 6) is 1.79. The Kier molecular flexibility index (Phi) is 8.45. The predicted octanol–water partition coefficient (Wildman–Crippen LogP) is 4.44. The molecule has 0 atom stereocenters. The SMILES string of the molecule is Cc1ccc(OCCCCNC(=O)c2cccnc2SCC(=O)Nc2ccc3c(c2)OCO3)cc1. The van der Waals surface area contributed by atoms with E-state index in [1.807, 2.05) is 31.2 Å². The number of amides is 2. The maximum atomic E-state index is 12.7. The third-order valence-electron chi connectivity index (χ3n) is 5.16. The lowest BCUT2D eigenvalue weighted by molar-refractivity contribution is -0.113. The Bertz CT molecular complexity index is 1170. The number of nitrogens with one attached hydrogen (secondary N) is 2. The summed E-state index contributed by atoms with van der Waals surface area (Å²) in [4.78, 5) is 29.4. The first-order chi connectivity index (χ1) is 17.1. The Morgan fingerprint density at radius 2 is 1.89 bits per heavy atom. The maximum Gasteiger partial charge on any atom is 0.254 e. The highest BCUT2D eigenvalue weighted by Crippen LogP contribution is 2.34. The molecular formula is C26H27N3O5S. The average molecular weight is 494 g/mol. The summed E-state index contributed by atoms with van der Waals surface area (Å²) in [6, 6.07) is 16.6. The lowest BCUT2D eigenvalue weighted by atomic mass is 10.2. The molecule has 2 N–H and O–H groups in total. The third-order valence-corrected chi connectivity index (χ3v) is 6.16. The van der Waals surface area contributed by atoms with Gasteiger partial charge in [0, 0.05) is 24.5 Å². The van der Waals surface area contributed by atoms with Crippen molar-refractivity contribution in [3.63, 3.8) is 0 Å². The van der Waals surface area contributed by atoms with Gasteiger partial charge < -0.3 is 24.8 Å². The third kappa shape index (κ3) is 7.13. The van der Waals surface area contributed by atoms with E-state index in [2.05, 4.69) is 15.6 Å². The van der Waals surface area contributed by atoms with E-state index in [4.69, 9.17) is 14.2 Å². The molecule has 0 radical (unpaired) electrons. The van der Waals surface area contributed by atoms with Gasteiger partial charge in [0.1, 0.15) is 10.8 Å². The number of aromatic nitrogens is 1. The van der Waals surface area contributed by atoms with Crippen molar-refractivity contribution in [1.29, 1.82) is 0 Å². The molecule has 0 spiro atoms. The first kappa shape index (κ1) is 24.4.